The third kappa shape index (κ3) is 1.51. The Morgan fingerprint density at radius 3 is 2.73 bits per heavy atom. The summed E-state index contributed by atoms with van der Waals surface area (Å²) >= 11 is 11.1. The summed E-state index contributed by atoms with van der Waals surface area (Å²) in [6.07, 6.45) is 1.16. The zero-order valence-corrected chi connectivity index (χ0v) is 9.88. The van der Waals surface area contributed by atoms with Crippen LogP contribution in [0, 0.1) is 0 Å². The van der Waals surface area contributed by atoms with Crippen LogP contribution in [0.25, 0.3) is 0 Å². The molecule has 6 heteroatoms. The standard InChI is InChI=1S/C9H12Cl2N2O2/c1-9-3-2-6(14)12(9)4-5-13(9)8(15)7(10)11/h7H,2-5H2,1H3. The molecule has 0 aromatic heterocycles. The van der Waals surface area contributed by atoms with Crippen molar-refractivity contribution < 1.29 is 9.59 Å². The molecular weight excluding hydrogens is 239 g/mol. The fourth-order valence-electron chi connectivity index (χ4n) is 2.43. The van der Waals surface area contributed by atoms with E-state index in [4.69, 9.17) is 23.2 Å². The minimum atomic E-state index is -1.04. The second-order valence-electron chi connectivity index (χ2n) is 4.05. The Kier molecular flexibility index (Phi) is 2.59. The third-order valence-corrected chi connectivity index (χ3v) is 3.65. The SMILES string of the molecule is CC12CCC(=O)N1CCN2C(=O)C(Cl)Cl. The molecular formula is C9H12Cl2N2O2. The van der Waals surface area contributed by atoms with Crippen LogP contribution in [0.3, 0.4) is 0 Å². The van der Waals surface area contributed by atoms with E-state index in [9.17, 15) is 9.59 Å². The van der Waals surface area contributed by atoms with Crippen LogP contribution in [-0.4, -0.2) is 45.2 Å². The van der Waals surface area contributed by atoms with E-state index in [0.717, 1.165) is 0 Å². The Hall–Kier alpha value is -0.480. The maximum absolute atomic E-state index is 11.7. The van der Waals surface area contributed by atoms with Crippen molar-refractivity contribution >= 4 is 35.0 Å². The molecule has 0 bridgehead atoms. The van der Waals surface area contributed by atoms with Crippen LogP contribution in [0.1, 0.15) is 19.8 Å². The molecule has 15 heavy (non-hydrogen) atoms. The summed E-state index contributed by atoms with van der Waals surface area (Å²) in [5.74, 6) is -0.202. The van der Waals surface area contributed by atoms with Crippen LogP contribution in [-0.2, 0) is 9.59 Å². The number of nitrogens with zero attached hydrogens (tertiary/aromatic N) is 2. The monoisotopic (exact) mass is 250 g/mol. The molecule has 4 nitrogen and oxygen atoms in total. The van der Waals surface area contributed by atoms with Gasteiger partial charge in [0.2, 0.25) is 5.91 Å². The normalized spacial score (nSPS) is 30.3. The summed E-state index contributed by atoms with van der Waals surface area (Å²) in [6.45, 7) is 3.00. The topological polar surface area (TPSA) is 40.6 Å². The number of fused-ring (bicyclic) bond motifs is 1. The second kappa shape index (κ2) is 3.52. The molecule has 0 aliphatic carbocycles. The molecule has 2 saturated heterocycles. The molecule has 0 spiro atoms. The number of hydrogen-bond donors (Lipinski definition) is 0. The van der Waals surface area contributed by atoms with E-state index in [0.29, 0.717) is 25.9 Å². The van der Waals surface area contributed by atoms with Crippen LogP contribution in [0.2, 0.25) is 0 Å². The zero-order chi connectivity index (χ0) is 11.2. The summed E-state index contributed by atoms with van der Waals surface area (Å²) < 4.78 is 0. The van der Waals surface area contributed by atoms with Gasteiger partial charge in [-0.1, -0.05) is 23.2 Å². The van der Waals surface area contributed by atoms with Crippen molar-refractivity contribution in [2.75, 3.05) is 13.1 Å². The van der Waals surface area contributed by atoms with E-state index in [2.05, 4.69) is 0 Å². The first-order chi connectivity index (χ1) is 6.97. The highest BCUT2D eigenvalue weighted by atomic mass is 35.5. The number of alkyl halides is 2. The number of rotatable bonds is 1. The van der Waals surface area contributed by atoms with E-state index in [-0.39, 0.29) is 11.8 Å². The summed E-state index contributed by atoms with van der Waals surface area (Å²) in [4.78, 5) is 25.6. The van der Waals surface area contributed by atoms with E-state index in [1.165, 1.54) is 0 Å². The van der Waals surface area contributed by atoms with E-state index in [1.54, 1.807) is 9.80 Å². The van der Waals surface area contributed by atoms with Crippen LogP contribution >= 0.6 is 23.2 Å². The van der Waals surface area contributed by atoms with Crippen LogP contribution < -0.4 is 0 Å². The maximum atomic E-state index is 11.7. The Labute approximate surface area is 98.1 Å². The van der Waals surface area contributed by atoms with Crippen LogP contribution in [0.5, 0.6) is 0 Å². The number of amides is 2. The number of hydrogen-bond acceptors (Lipinski definition) is 2. The Morgan fingerprint density at radius 2 is 2.13 bits per heavy atom. The van der Waals surface area contributed by atoms with Crippen molar-refractivity contribution in [2.24, 2.45) is 0 Å². The van der Waals surface area contributed by atoms with Crippen molar-refractivity contribution in [3.63, 3.8) is 0 Å². The van der Waals surface area contributed by atoms with Crippen LogP contribution in [0.4, 0.5) is 0 Å². The molecule has 2 heterocycles. The average Bonchev–Trinajstić information content (AvgIpc) is 2.63. The lowest BCUT2D eigenvalue weighted by Gasteiger charge is -2.35. The van der Waals surface area contributed by atoms with Gasteiger partial charge in [0.05, 0.1) is 0 Å². The Morgan fingerprint density at radius 1 is 1.47 bits per heavy atom. The fraction of sp³-hybridized carbons (Fsp3) is 0.778. The number of halogens is 2. The fourth-order valence-corrected chi connectivity index (χ4v) is 2.67. The minimum Gasteiger partial charge on any atom is -0.318 e. The third-order valence-electron chi connectivity index (χ3n) is 3.28. The highest BCUT2D eigenvalue weighted by Crippen LogP contribution is 2.38. The summed E-state index contributed by atoms with van der Waals surface area (Å²) in [6, 6.07) is 0. The van der Waals surface area contributed by atoms with Gasteiger partial charge in [0.25, 0.3) is 5.91 Å². The lowest BCUT2D eigenvalue weighted by atomic mass is 10.1. The molecule has 2 rings (SSSR count). The van der Waals surface area contributed by atoms with Crippen molar-refractivity contribution in [1.82, 2.24) is 9.80 Å². The zero-order valence-electron chi connectivity index (χ0n) is 8.37. The van der Waals surface area contributed by atoms with Gasteiger partial charge in [0.1, 0.15) is 5.66 Å². The van der Waals surface area contributed by atoms with Gasteiger partial charge in [0.15, 0.2) is 4.84 Å². The summed E-state index contributed by atoms with van der Waals surface area (Å²) in [5.41, 5.74) is -0.504. The Balaban J connectivity index is 2.24. The maximum Gasteiger partial charge on any atom is 0.257 e. The van der Waals surface area contributed by atoms with E-state index in [1.807, 2.05) is 6.92 Å². The first kappa shape index (κ1) is 11.0. The lowest BCUT2D eigenvalue weighted by molar-refractivity contribution is -0.138. The Bertz CT molecular complexity index is 321. The highest BCUT2D eigenvalue weighted by molar-refractivity contribution is 6.53. The molecule has 2 amide bonds. The quantitative estimate of drug-likeness (QED) is 0.651. The molecule has 2 aliphatic heterocycles. The van der Waals surface area contributed by atoms with Gasteiger partial charge in [-0.3, -0.25) is 9.59 Å². The van der Waals surface area contributed by atoms with Gasteiger partial charge in [-0.25, -0.2) is 0 Å². The molecule has 1 unspecified atom stereocenters. The van der Waals surface area contributed by atoms with E-state index < -0.39 is 10.5 Å². The average molecular weight is 251 g/mol. The minimum absolute atomic E-state index is 0.105. The first-order valence-corrected chi connectivity index (χ1v) is 5.74. The summed E-state index contributed by atoms with van der Waals surface area (Å²) in [7, 11) is 0. The van der Waals surface area contributed by atoms with Crippen LogP contribution in [0.15, 0.2) is 0 Å². The van der Waals surface area contributed by atoms with Crippen molar-refractivity contribution in [3.05, 3.63) is 0 Å². The molecule has 0 radical (unpaired) electrons. The number of carbonyl (C=O) groups is 2. The van der Waals surface area contributed by atoms with Crippen molar-refractivity contribution in [1.29, 1.82) is 0 Å². The van der Waals surface area contributed by atoms with Gasteiger partial charge in [-0.05, 0) is 13.3 Å². The van der Waals surface area contributed by atoms with Gasteiger partial charge >= 0.3 is 0 Å². The molecule has 0 aromatic rings. The highest BCUT2D eigenvalue weighted by Gasteiger charge is 2.52. The molecule has 0 saturated carbocycles. The lowest BCUT2D eigenvalue weighted by Crippen LogP contribution is -2.51. The second-order valence-corrected chi connectivity index (χ2v) is 5.15. The molecule has 84 valence electrons. The van der Waals surface area contributed by atoms with Gasteiger partial charge < -0.3 is 9.80 Å². The first-order valence-electron chi connectivity index (χ1n) is 4.87. The molecule has 2 aliphatic rings. The molecule has 0 N–H and O–H groups in total. The number of carbonyl (C=O) groups excluding carboxylic acids is 2. The predicted octanol–water partition coefficient (Wildman–Crippen LogP) is 0.971. The smallest absolute Gasteiger partial charge is 0.257 e. The molecule has 0 aromatic carbocycles. The summed E-state index contributed by atoms with van der Waals surface area (Å²) in [5, 5.41) is 0. The largest absolute Gasteiger partial charge is 0.318 e. The van der Waals surface area contributed by atoms with E-state index >= 15 is 0 Å². The molecule has 1 atom stereocenters. The van der Waals surface area contributed by atoms with Gasteiger partial charge in [-0.15, -0.1) is 0 Å². The predicted molar refractivity (Wildman–Crippen MR) is 56.6 cm³/mol. The van der Waals surface area contributed by atoms with Gasteiger partial charge in [-0.2, -0.15) is 0 Å². The van der Waals surface area contributed by atoms with Gasteiger partial charge in [0, 0.05) is 19.5 Å². The van der Waals surface area contributed by atoms with Crippen molar-refractivity contribution in [2.45, 2.75) is 30.3 Å². The van der Waals surface area contributed by atoms with Crippen molar-refractivity contribution in [3.8, 4) is 0 Å². The molecule has 2 fully saturated rings.